The van der Waals surface area contributed by atoms with Gasteiger partial charge in [0.2, 0.25) is 0 Å². The van der Waals surface area contributed by atoms with Crippen molar-refractivity contribution in [3.8, 4) is 0 Å². The molecule has 0 radical (unpaired) electrons. The average Bonchev–Trinajstić information content (AvgIpc) is 2.91. The molecule has 3 heterocycles. The third kappa shape index (κ3) is 2.16. The standard InChI is InChI=1S/C17H21N3/c1-2-6-15-13(5-1)11-14(12-18-15)19-16-8-10-20-9-4-3-7-17(16)20/h1-2,5-6,11-12,16-17,19H,3-4,7-10H2. The molecule has 0 saturated carbocycles. The number of anilines is 1. The monoisotopic (exact) mass is 267 g/mol. The second-order valence-corrected chi connectivity index (χ2v) is 6.06. The fourth-order valence-electron chi connectivity index (χ4n) is 3.78. The summed E-state index contributed by atoms with van der Waals surface area (Å²) in [4.78, 5) is 7.21. The molecular formula is C17H21N3. The van der Waals surface area contributed by atoms with Gasteiger partial charge in [0.1, 0.15) is 0 Å². The summed E-state index contributed by atoms with van der Waals surface area (Å²) in [6.07, 6.45) is 7.35. The van der Waals surface area contributed by atoms with Gasteiger partial charge in [0, 0.05) is 24.0 Å². The zero-order chi connectivity index (χ0) is 13.4. The Morgan fingerprint density at radius 3 is 3.05 bits per heavy atom. The first-order chi connectivity index (χ1) is 9.90. The van der Waals surface area contributed by atoms with Gasteiger partial charge < -0.3 is 5.32 Å². The number of fused-ring (bicyclic) bond motifs is 2. The van der Waals surface area contributed by atoms with E-state index in [2.05, 4.69) is 39.5 Å². The van der Waals surface area contributed by atoms with Crippen molar-refractivity contribution in [1.82, 2.24) is 9.88 Å². The van der Waals surface area contributed by atoms with Crippen LogP contribution in [0.4, 0.5) is 5.69 Å². The van der Waals surface area contributed by atoms with Gasteiger partial charge in [0.25, 0.3) is 0 Å². The van der Waals surface area contributed by atoms with Gasteiger partial charge in [-0.15, -0.1) is 0 Å². The van der Waals surface area contributed by atoms with E-state index < -0.39 is 0 Å². The van der Waals surface area contributed by atoms with Crippen molar-refractivity contribution in [2.24, 2.45) is 0 Å². The van der Waals surface area contributed by atoms with Crippen molar-refractivity contribution in [2.45, 2.75) is 37.8 Å². The molecule has 2 saturated heterocycles. The molecular weight excluding hydrogens is 246 g/mol. The van der Waals surface area contributed by atoms with Gasteiger partial charge in [-0.25, -0.2) is 0 Å². The number of nitrogens with one attached hydrogen (secondary N) is 1. The van der Waals surface area contributed by atoms with Gasteiger partial charge in [-0.05, 0) is 37.9 Å². The van der Waals surface area contributed by atoms with Crippen LogP contribution in [0.3, 0.4) is 0 Å². The number of rotatable bonds is 2. The molecule has 0 bridgehead atoms. The summed E-state index contributed by atoms with van der Waals surface area (Å²) in [7, 11) is 0. The Morgan fingerprint density at radius 1 is 1.10 bits per heavy atom. The van der Waals surface area contributed by atoms with Crippen LogP contribution in [-0.4, -0.2) is 35.1 Å². The molecule has 1 aromatic carbocycles. The number of hydrogen-bond acceptors (Lipinski definition) is 3. The van der Waals surface area contributed by atoms with Gasteiger partial charge in [0.05, 0.1) is 17.4 Å². The van der Waals surface area contributed by atoms with Gasteiger partial charge in [-0.2, -0.15) is 0 Å². The Hall–Kier alpha value is -1.61. The van der Waals surface area contributed by atoms with E-state index in [1.54, 1.807) is 0 Å². The smallest absolute Gasteiger partial charge is 0.0703 e. The highest BCUT2D eigenvalue weighted by Gasteiger charge is 2.35. The molecule has 2 aromatic rings. The van der Waals surface area contributed by atoms with E-state index in [9.17, 15) is 0 Å². The second kappa shape index (κ2) is 5.06. The number of para-hydroxylation sites is 1. The van der Waals surface area contributed by atoms with Crippen LogP contribution in [-0.2, 0) is 0 Å². The van der Waals surface area contributed by atoms with E-state index in [0.29, 0.717) is 6.04 Å². The lowest BCUT2D eigenvalue weighted by atomic mass is 9.99. The van der Waals surface area contributed by atoms with Crippen LogP contribution in [0.2, 0.25) is 0 Å². The molecule has 104 valence electrons. The maximum atomic E-state index is 4.55. The molecule has 2 aliphatic rings. The van der Waals surface area contributed by atoms with E-state index >= 15 is 0 Å². The van der Waals surface area contributed by atoms with Crippen LogP contribution in [0.5, 0.6) is 0 Å². The highest BCUT2D eigenvalue weighted by Crippen LogP contribution is 2.29. The number of aromatic nitrogens is 1. The number of nitrogens with zero attached hydrogens (tertiary/aromatic N) is 2. The first-order valence-electron chi connectivity index (χ1n) is 7.75. The van der Waals surface area contributed by atoms with Crippen molar-refractivity contribution in [3.05, 3.63) is 36.5 Å². The molecule has 0 aliphatic carbocycles. The normalized spacial score (nSPS) is 26.6. The molecule has 1 N–H and O–H groups in total. The summed E-state index contributed by atoms with van der Waals surface area (Å²) in [5, 5.41) is 4.95. The average molecular weight is 267 g/mol. The third-order valence-electron chi connectivity index (χ3n) is 4.80. The SMILES string of the molecule is c1ccc2ncc(NC3CCN4CCCCC34)cc2c1. The van der Waals surface area contributed by atoms with Crippen LogP contribution >= 0.6 is 0 Å². The van der Waals surface area contributed by atoms with Crippen LogP contribution in [0, 0.1) is 0 Å². The Bertz CT molecular complexity index is 610. The van der Waals surface area contributed by atoms with Gasteiger partial charge in [-0.1, -0.05) is 24.6 Å². The minimum absolute atomic E-state index is 0.596. The lowest BCUT2D eigenvalue weighted by Crippen LogP contribution is -2.41. The summed E-state index contributed by atoms with van der Waals surface area (Å²) in [5.41, 5.74) is 2.24. The van der Waals surface area contributed by atoms with Crippen molar-refractivity contribution >= 4 is 16.6 Å². The zero-order valence-corrected chi connectivity index (χ0v) is 11.8. The Kier molecular flexibility index (Phi) is 3.07. The Morgan fingerprint density at radius 2 is 2.05 bits per heavy atom. The molecule has 2 unspecified atom stereocenters. The summed E-state index contributed by atoms with van der Waals surface area (Å²) >= 11 is 0. The predicted octanol–water partition coefficient (Wildman–Crippen LogP) is 3.27. The maximum absolute atomic E-state index is 4.55. The summed E-state index contributed by atoms with van der Waals surface area (Å²) in [6.45, 7) is 2.54. The quantitative estimate of drug-likeness (QED) is 0.905. The first kappa shape index (κ1) is 12.2. The van der Waals surface area contributed by atoms with E-state index in [-0.39, 0.29) is 0 Å². The summed E-state index contributed by atoms with van der Waals surface area (Å²) in [5.74, 6) is 0. The van der Waals surface area contributed by atoms with E-state index in [0.717, 1.165) is 11.6 Å². The van der Waals surface area contributed by atoms with E-state index in [1.165, 1.54) is 49.8 Å². The van der Waals surface area contributed by atoms with E-state index in [4.69, 9.17) is 0 Å². The highest BCUT2D eigenvalue weighted by molar-refractivity contribution is 5.81. The fraction of sp³-hybridized carbons (Fsp3) is 0.471. The minimum Gasteiger partial charge on any atom is -0.379 e. The molecule has 0 amide bonds. The molecule has 2 atom stereocenters. The molecule has 1 aromatic heterocycles. The molecule has 0 spiro atoms. The molecule has 20 heavy (non-hydrogen) atoms. The predicted molar refractivity (Wildman–Crippen MR) is 83.0 cm³/mol. The van der Waals surface area contributed by atoms with Crippen LogP contribution in [0.15, 0.2) is 36.5 Å². The second-order valence-electron chi connectivity index (χ2n) is 6.06. The van der Waals surface area contributed by atoms with Crippen molar-refractivity contribution in [2.75, 3.05) is 18.4 Å². The Labute approximate surface area is 120 Å². The van der Waals surface area contributed by atoms with Crippen molar-refractivity contribution in [3.63, 3.8) is 0 Å². The molecule has 2 aliphatic heterocycles. The van der Waals surface area contributed by atoms with Crippen LogP contribution in [0.25, 0.3) is 10.9 Å². The highest BCUT2D eigenvalue weighted by atomic mass is 15.2. The fourth-order valence-corrected chi connectivity index (χ4v) is 3.78. The first-order valence-corrected chi connectivity index (χ1v) is 7.75. The van der Waals surface area contributed by atoms with Gasteiger partial charge in [-0.3, -0.25) is 9.88 Å². The van der Waals surface area contributed by atoms with Crippen molar-refractivity contribution in [1.29, 1.82) is 0 Å². The van der Waals surface area contributed by atoms with Crippen LogP contribution in [0.1, 0.15) is 25.7 Å². The van der Waals surface area contributed by atoms with E-state index in [1.807, 2.05) is 12.3 Å². The molecule has 3 nitrogen and oxygen atoms in total. The molecule has 2 fully saturated rings. The maximum Gasteiger partial charge on any atom is 0.0703 e. The number of hydrogen-bond donors (Lipinski definition) is 1. The molecule has 3 heteroatoms. The summed E-state index contributed by atoms with van der Waals surface area (Å²) < 4.78 is 0. The third-order valence-corrected chi connectivity index (χ3v) is 4.80. The largest absolute Gasteiger partial charge is 0.379 e. The van der Waals surface area contributed by atoms with Crippen LogP contribution < -0.4 is 5.32 Å². The number of pyridine rings is 1. The number of piperidine rings is 1. The zero-order valence-electron chi connectivity index (χ0n) is 11.8. The van der Waals surface area contributed by atoms with Crippen molar-refractivity contribution < 1.29 is 0 Å². The minimum atomic E-state index is 0.596. The summed E-state index contributed by atoms with van der Waals surface area (Å²) in [6, 6.07) is 11.9. The lowest BCUT2D eigenvalue weighted by molar-refractivity contribution is 0.193. The molecule has 4 rings (SSSR count). The van der Waals surface area contributed by atoms with Gasteiger partial charge >= 0.3 is 0 Å². The van der Waals surface area contributed by atoms with Gasteiger partial charge in [0.15, 0.2) is 0 Å². The Balaban J connectivity index is 1.55. The topological polar surface area (TPSA) is 28.2 Å². The number of benzene rings is 1. The lowest BCUT2D eigenvalue weighted by Gasteiger charge is -2.32.